The molecule has 1 unspecified atom stereocenters. The molecule has 0 aliphatic rings. The highest BCUT2D eigenvalue weighted by atomic mass is 19.1. The molecule has 1 aromatic carbocycles. The third kappa shape index (κ3) is 3.04. The van der Waals surface area contributed by atoms with Crippen LogP contribution < -0.4 is 5.32 Å². The van der Waals surface area contributed by atoms with Crippen molar-refractivity contribution in [3.8, 4) is 0 Å². The second kappa shape index (κ2) is 5.86. The molecule has 1 atom stereocenters. The van der Waals surface area contributed by atoms with Crippen molar-refractivity contribution in [1.29, 1.82) is 0 Å². The van der Waals surface area contributed by atoms with Crippen LogP contribution in [0.15, 0.2) is 30.5 Å². The van der Waals surface area contributed by atoms with Crippen molar-refractivity contribution in [3.05, 3.63) is 53.1 Å². The average Bonchev–Trinajstić information content (AvgIpc) is 2.80. The zero-order chi connectivity index (χ0) is 14.7. The van der Waals surface area contributed by atoms with Gasteiger partial charge in [-0.05, 0) is 39.0 Å². The molecule has 2 rings (SSSR count). The van der Waals surface area contributed by atoms with Crippen molar-refractivity contribution in [2.75, 3.05) is 0 Å². The molecule has 5 heteroatoms. The molecule has 1 heterocycles. The minimum Gasteiger partial charge on any atom is -0.345 e. The van der Waals surface area contributed by atoms with Crippen molar-refractivity contribution in [1.82, 2.24) is 15.1 Å². The number of hydrogen-bond donors (Lipinski definition) is 1. The molecular formula is C15H18FN3O. The topological polar surface area (TPSA) is 46.9 Å². The Hall–Kier alpha value is -2.17. The maximum atomic E-state index is 13.1. The van der Waals surface area contributed by atoms with Gasteiger partial charge in [-0.3, -0.25) is 9.48 Å². The van der Waals surface area contributed by atoms with E-state index in [9.17, 15) is 9.18 Å². The number of rotatable bonds is 4. The predicted molar refractivity (Wildman–Crippen MR) is 74.9 cm³/mol. The SMILES string of the molecule is CCn1cc(C(C)NC(=O)c2cccc(F)c2)c(C)n1. The van der Waals surface area contributed by atoms with Gasteiger partial charge in [0.2, 0.25) is 0 Å². The van der Waals surface area contributed by atoms with Crippen LogP contribution in [0.1, 0.15) is 41.5 Å². The van der Waals surface area contributed by atoms with Crippen LogP contribution in [0.2, 0.25) is 0 Å². The average molecular weight is 275 g/mol. The maximum Gasteiger partial charge on any atom is 0.251 e. The van der Waals surface area contributed by atoms with Gasteiger partial charge in [0.15, 0.2) is 0 Å². The highest BCUT2D eigenvalue weighted by Crippen LogP contribution is 2.17. The van der Waals surface area contributed by atoms with Gasteiger partial charge in [0, 0.05) is 23.9 Å². The van der Waals surface area contributed by atoms with Crippen LogP contribution in [0.3, 0.4) is 0 Å². The van der Waals surface area contributed by atoms with Gasteiger partial charge in [0.25, 0.3) is 5.91 Å². The van der Waals surface area contributed by atoms with Gasteiger partial charge in [0.05, 0.1) is 11.7 Å². The van der Waals surface area contributed by atoms with Gasteiger partial charge >= 0.3 is 0 Å². The van der Waals surface area contributed by atoms with Crippen LogP contribution >= 0.6 is 0 Å². The molecule has 106 valence electrons. The Balaban J connectivity index is 2.12. The number of aryl methyl sites for hydroxylation is 2. The number of carbonyl (C=O) groups is 1. The van der Waals surface area contributed by atoms with E-state index in [0.717, 1.165) is 17.8 Å². The molecule has 0 bridgehead atoms. The lowest BCUT2D eigenvalue weighted by molar-refractivity contribution is 0.0939. The Labute approximate surface area is 117 Å². The van der Waals surface area contributed by atoms with E-state index >= 15 is 0 Å². The number of halogens is 1. The lowest BCUT2D eigenvalue weighted by Gasteiger charge is -2.13. The fourth-order valence-corrected chi connectivity index (χ4v) is 2.11. The Morgan fingerprint density at radius 2 is 2.25 bits per heavy atom. The summed E-state index contributed by atoms with van der Waals surface area (Å²) in [5.41, 5.74) is 2.17. The van der Waals surface area contributed by atoms with Gasteiger partial charge in [-0.25, -0.2) is 4.39 Å². The van der Waals surface area contributed by atoms with E-state index in [0.29, 0.717) is 5.56 Å². The lowest BCUT2D eigenvalue weighted by atomic mass is 10.1. The van der Waals surface area contributed by atoms with Gasteiger partial charge in [-0.2, -0.15) is 5.10 Å². The van der Waals surface area contributed by atoms with Crippen molar-refractivity contribution in [2.24, 2.45) is 0 Å². The summed E-state index contributed by atoms with van der Waals surface area (Å²) in [5, 5.41) is 7.21. The van der Waals surface area contributed by atoms with E-state index in [1.54, 1.807) is 6.07 Å². The van der Waals surface area contributed by atoms with Gasteiger partial charge < -0.3 is 5.32 Å². The number of nitrogens with zero attached hydrogens (tertiary/aromatic N) is 2. The first-order valence-corrected chi connectivity index (χ1v) is 6.61. The largest absolute Gasteiger partial charge is 0.345 e. The first kappa shape index (κ1) is 14.2. The predicted octanol–water partition coefficient (Wildman–Crippen LogP) is 2.84. The third-order valence-corrected chi connectivity index (χ3v) is 3.21. The Morgan fingerprint density at radius 3 is 2.85 bits per heavy atom. The molecule has 0 spiro atoms. The van der Waals surface area contributed by atoms with Gasteiger partial charge in [0.1, 0.15) is 5.82 Å². The summed E-state index contributed by atoms with van der Waals surface area (Å²) in [5.74, 6) is -0.707. The molecule has 0 aliphatic carbocycles. The van der Waals surface area contributed by atoms with Crippen LogP contribution in [-0.2, 0) is 6.54 Å². The standard InChI is InChI=1S/C15H18FN3O/c1-4-19-9-14(11(3)18-19)10(2)17-15(20)12-6-5-7-13(16)8-12/h5-10H,4H2,1-3H3,(H,17,20). The van der Waals surface area contributed by atoms with Crippen molar-refractivity contribution in [2.45, 2.75) is 33.4 Å². The van der Waals surface area contributed by atoms with Gasteiger partial charge in [-0.1, -0.05) is 6.07 Å². The number of hydrogen-bond acceptors (Lipinski definition) is 2. The van der Waals surface area contributed by atoms with Crippen LogP contribution in [0.25, 0.3) is 0 Å². The van der Waals surface area contributed by atoms with Crippen molar-refractivity contribution < 1.29 is 9.18 Å². The highest BCUT2D eigenvalue weighted by Gasteiger charge is 2.15. The molecule has 0 fully saturated rings. The number of carbonyl (C=O) groups excluding carboxylic acids is 1. The van der Waals surface area contributed by atoms with E-state index < -0.39 is 5.82 Å². The zero-order valence-corrected chi connectivity index (χ0v) is 11.9. The van der Waals surface area contributed by atoms with E-state index in [1.807, 2.05) is 31.6 Å². The molecule has 1 N–H and O–H groups in total. The first-order valence-electron chi connectivity index (χ1n) is 6.61. The first-order chi connectivity index (χ1) is 9.51. The minimum atomic E-state index is -0.416. The number of nitrogens with one attached hydrogen (secondary N) is 1. The molecule has 4 nitrogen and oxygen atoms in total. The third-order valence-electron chi connectivity index (χ3n) is 3.21. The second-order valence-electron chi connectivity index (χ2n) is 4.73. The summed E-state index contributed by atoms with van der Waals surface area (Å²) in [6, 6.07) is 5.48. The molecule has 0 saturated carbocycles. The summed E-state index contributed by atoms with van der Waals surface area (Å²) >= 11 is 0. The Bertz CT molecular complexity index is 621. The summed E-state index contributed by atoms with van der Waals surface area (Å²) in [6.07, 6.45) is 1.92. The fraction of sp³-hybridized carbons (Fsp3) is 0.333. The van der Waals surface area contributed by atoms with Crippen molar-refractivity contribution in [3.63, 3.8) is 0 Å². The van der Waals surface area contributed by atoms with E-state index in [-0.39, 0.29) is 11.9 Å². The Morgan fingerprint density at radius 1 is 1.50 bits per heavy atom. The van der Waals surface area contributed by atoms with Gasteiger partial charge in [-0.15, -0.1) is 0 Å². The number of benzene rings is 1. The molecular weight excluding hydrogens is 257 g/mol. The molecule has 0 radical (unpaired) electrons. The second-order valence-corrected chi connectivity index (χ2v) is 4.73. The quantitative estimate of drug-likeness (QED) is 0.932. The molecule has 20 heavy (non-hydrogen) atoms. The van der Waals surface area contributed by atoms with Crippen molar-refractivity contribution >= 4 is 5.91 Å². The normalized spacial score (nSPS) is 12.2. The highest BCUT2D eigenvalue weighted by molar-refractivity contribution is 5.94. The minimum absolute atomic E-state index is 0.175. The maximum absolute atomic E-state index is 13.1. The van der Waals surface area contributed by atoms with E-state index in [2.05, 4.69) is 10.4 Å². The zero-order valence-electron chi connectivity index (χ0n) is 11.9. The van der Waals surface area contributed by atoms with Crippen LogP contribution in [-0.4, -0.2) is 15.7 Å². The van der Waals surface area contributed by atoms with E-state index in [1.165, 1.54) is 18.2 Å². The smallest absolute Gasteiger partial charge is 0.251 e. The lowest BCUT2D eigenvalue weighted by Crippen LogP contribution is -2.26. The number of aromatic nitrogens is 2. The number of amides is 1. The fourth-order valence-electron chi connectivity index (χ4n) is 2.11. The summed E-state index contributed by atoms with van der Waals surface area (Å²) in [7, 11) is 0. The van der Waals surface area contributed by atoms with Crippen LogP contribution in [0, 0.1) is 12.7 Å². The summed E-state index contributed by atoms with van der Waals surface area (Å²) in [4.78, 5) is 12.1. The molecule has 1 aromatic heterocycles. The molecule has 1 amide bonds. The van der Waals surface area contributed by atoms with Crippen LogP contribution in [0.4, 0.5) is 4.39 Å². The summed E-state index contributed by atoms with van der Waals surface area (Å²) in [6.45, 7) is 6.59. The van der Waals surface area contributed by atoms with Crippen LogP contribution in [0.5, 0.6) is 0 Å². The summed E-state index contributed by atoms with van der Waals surface area (Å²) < 4.78 is 14.9. The molecule has 2 aromatic rings. The molecule has 0 saturated heterocycles. The monoisotopic (exact) mass is 275 g/mol. The Kier molecular flexibility index (Phi) is 4.17. The van der Waals surface area contributed by atoms with E-state index in [4.69, 9.17) is 0 Å². The molecule has 0 aliphatic heterocycles.